The van der Waals surface area contributed by atoms with Crippen LogP contribution in [0.3, 0.4) is 0 Å². The van der Waals surface area contributed by atoms with Crippen LogP contribution in [0, 0.1) is 5.82 Å². The van der Waals surface area contributed by atoms with Crippen molar-refractivity contribution < 1.29 is 23.8 Å². The van der Waals surface area contributed by atoms with Crippen molar-refractivity contribution in [1.82, 2.24) is 19.9 Å². The average molecular weight is 434 g/mol. The minimum atomic E-state index is -0.925. The zero-order chi connectivity index (χ0) is 21.7. The standard InChI is InChI=1S/C20H23FN4O4S/c1-29-20(28)19(15-4-2-3-5-16(15)21)24-8-6-17(30)13(12-24)10-14-11-22-23-25(14)9-7-18(26)27/h2-5,10-11,17,19,30H,6-9,12H2,1H3,(H,26,27). The van der Waals surface area contributed by atoms with Crippen LogP contribution in [-0.4, -0.2) is 62.4 Å². The van der Waals surface area contributed by atoms with Gasteiger partial charge in [-0.15, -0.1) is 5.10 Å². The van der Waals surface area contributed by atoms with E-state index in [2.05, 4.69) is 22.9 Å². The predicted molar refractivity (Wildman–Crippen MR) is 110 cm³/mol. The van der Waals surface area contributed by atoms with Crippen molar-refractivity contribution in [1.29, 1.82) is 0 Å². The lowest BCUT2D eigenvalue weighted by Crippen LogP contribution is -2.42. The van der Waals surface area contributed by atoms with Crippen LogP contribution in [0.25, 0.3) is 6.08 Å². The summed E-state index contributed by atoms with van der Waals surface area (Å²) in [5.74, 6) is -1.93. The van der Waals surface area contributed by atoms with Crippen LogP contribution < -0.4 is 0 Å². The molecule has 0 spiro atoms. The number of aliphatic carboxylic acids is 1. The Balaban J connectivity index is 1.88. The van der Waals surface area contributed by atoms with E-state index in [-0.39, 0.29) is 23.8 Å². The zero-order valence-electron chi connectivity index (χ0n) is 16.4. The fraction of sp³-hybridized carbons (Fsp3) is 0.400. The maximum absolute atomic E-state index is 14.4. The van der Waals surface area contributed by atoms with Crippen LogP contribution in [0.2, 0.25) is 0 Å². The fourth-order valence-electron chi connectivity index (χ4n) is 3.48. The van der Waals surface area contributed by atoms with Crippen LogP contribution in [0.1, 0.15) is 30.1 Å². The topological polar surface area (TPSA) is 97.5 Å². The Morgan fingerprint density at radius 1 is 1.43 bits per heavy atom. The third-order valence-corrected chi connectivity index (χ3v) is 5.60. The second-order valence-electron chi connectivity index (χ2n) is 6.97. The van der Waals surface area contributed by atoms with Crippen molar-refractivity contribution in [3.8, 4) is 0 Å². The normalized spacial score (nSPS) is 19.6. The largest absolute Gasteiger partial charge is 0.481 e. The van der Waals surface area contributed by atoms with Gasteiger partial charge in [0.2, 0.25) is 0 Å². The number of aryl methyl sites for hydroxylation is 1. The summed E-state index contributed by atoms with van der Waals surface area (Å²) < 4.78 is 20.9. The van der Waals surface area contributed by atoms with Gasteiger partial charge in [-0.1, -0.05) is 23.4 Å². The molecule has 1 aromatic heterocycles. The second kappa shape index (κ2) is 9.86. The first-order chi connectivity index (χ1) is 14.4. The highest BCUT2D eigenvalue weighted by Gasteiger charge is 2.34. The second-order valence-corrected chi connectivity index (χ2v) is 7.59. The van der Waals surface area contributed by atoms with Gasteiger partial charge in [0.05, 0.1) is 32.0 Å². The molecule has 1 N–H and O–H groups in total. The number of nitrogens with zero attached hydrogens (tertiary/aromatic N) is 4. The molecule has 1 saturated heterocycles. The summed E-state index contributed by atoms with van der Waals surface area (Å²) in [5.41, 5.74) is 1.80. The average Bonchev–Trinajstić information content (AvgIpc) is 3.17. The molecule has 1 fully saturated rings. The summed E-state index contributed by atoms with van der Waals surface area (Å²) in [5, 5.41) is 16.6. The number of thiol groups is 1. The van der Waals surface area contributed by atoms with E-state index >= 15 is 0 Å². The van der Waals surface area contributed by atoms with Gasteiger partial charge in [0.1, 0.15) is 11.9 Å². The molecule has 30 heavy (non-hydrogen) atoms. The van der Waals surface area contributed by atoms with E-state index in [4.69, 9.17) is 9.84 Å². The Bertz CT molecular complexity index is 948. The number of carbonyl (C=O) groups is 2. The minimum absolute atomic E-state index is 0.0667. The summed E-state index contributed by atoms with van der Waals surface area (Å²) in [6, 6.07) is 5.28. The number of piperidine rings is 1. The number of methoxy groups -OCH3 is 1. The molecular weight excluding hydrogens is 411 g/mol. The van der Waals surface area contributed by atoms with Gasteiger partial charge in [-0.2, -0.15) is 12.6 Å². The van der Waals surface area contributed by atoms with Crippen molar-refractivity contribution in [2.75, 3.05) is 20.2 Å². The highest BCUT2D eigenvalue weighted by Crippen LogP contribution is 2.32. The van der Waals surface area contributed by atoms with E-state index in [1.165, 1.54) is 17.9 Å². The lowest BCUT2D eigenvalue weighted by Gasteiger charge is -2.36. The molecule has 0 aliphatic carbocycles. The van der Waals surface area contributed by atoms with Crippen molar-refractivity contribution in [3.63, 3.8) is 0 Å². The van der Waals surface area contributed by atoms with Crippen LogP contribution in [-0.2, 0) is 20.9 Å². The number of rotatable bonds is 7. The van der Waals surface area contributed by atoms with E-state index in [0.717, 1.165) is 5.57 Å². The van der Waals surface area contributed by atoms with E-state index in [1.54, 1.807) is 24.4 Å². The lowest BCUT2D eigenvalue weighted by atomic mass is 9.97. The summed E-state index contributed by atoms with van der Waals surface area (Å²) in [4.78, 5) is 25.2. The van der Waals surface area contributed by atoms with Crippen molar-refractivity contribution in [3.05, 3.63) is 53.1 Å². The molecule has 2 atom stereocenters. The monoisotopic (exact) mass is 434 g/mol. The minimum Gasteiger partial charge on any atom is -0.481 e. The Morgan fingerprint density at radius 3 is 2.90 bits per heavy atom. The van der Waals surface area contributed by atoms with E-state index in [0.29, 0.717) is 25.2 Å². The van der Waals surface area contributed by atoms with Gasteiger partial charge in [-0.3, -0.25) is 9.69 Å². The van der Waals surface area contributed by atoms with Crippen molar-refractivity contribution in [2.45, 2.75) is 30.7 Å². The molecule has 1 aromatic carbocycles. The molecule has 2 unspecified atom stereocenters. The summed E-state index contributed by atoms with van der Waals surface area (Å²) in [6.07, 6.45) is 3.96. The molecule has 0 bridgehead atoms. The van der Waals surface area contributed by atoms with E-state index in [9.17, 15) is 14.0 Å². The highest BCUT2D eigenvalue weighted by atomic mass is 32.1. The van der Waals surface area contributed by atoms with Gasteiger partial charge in [0, 0.05) is 23.9 Å². The van der Waals surface area contributed by atoms with Crippen LogP contribution in [0.15, 0.2) is 36.0 Å². The molecule has 8 nitrogen and oxygen atoms in total. The molecule has 0 amide bonds. The third-order valence-electron chi connectivity index (χ3n) is 5.01. The number of carboxylic acid groups (broad SMARTS) is 1. The molecule has 2 heterocycles. The van der Waals surface area contributed by atoms with Crippen LogP contribution in [0.4, 0.5) is 4.39 Å². The fourth-order valence-corrected chi connectivity index (χ4v) is 3.75. The van der Waals surface area contributed by atoms with Crippen LogP contribution in [0.5, 0.6) is 0 Å². The molecular formula is C20H23FN4O4S. The predicted octanol–water partition coefficient (Wildman–Crippen LogP) is 2.19. The SMILES string of the molecule is COC(=O)C(c1ccccc1F)N1CCC(S)C(=Cc2cnnn2CCC(=O)O)C1. The molecule has 0 saturated carbocycles. The molecule has 1 aliphatic rings. The molecule has 10 heteroatoms. The first kappa shape index (κ1) is 22.0. The van der Waals surface area contributed by atoms with Gasteiger partial charge >= 0.3 is 11.9 Å². The molecule has 2 aromatic rings. The maximum atomic E-state index is 14.4. The number of carboxylic acids is 1. The first-order valence-corrected chi connectivity index (χ1v) is 9.97. The van der Waals surface area contributed by atoms with Crippen molar-refractivity contribution >= 4 is 30.6 Å². The quantitative estimate of drug-likeness (QED) is 0.509. The number of ether oxygens (including phenoxy) is 1. The summed E-state index contributed by atoms with van der Waals surface area (Å²) in [6.45, 7) is 1.10. The maximum Gasteiger partial charge on any atom is 0.327 e. The third kappa shape index (κ3) is 5.06. The summed E-state index contributed by atoms with van der Waals surface area (Å²) >= 11 is 4.65. The van der Waals surface area contributed by atoms with Gasteiger partial charge in [-0.25, -0.2) is 13.9 Å². The zero-order valence-corrected chi connectivity index (χ0v) is 17.3. The summed E-state index contributed by atoms with van der Waals surface area (Å²) in [7, 11) is 1.28. The number of esters is 1. The lowest BCUT2D eigenvalue weighted by molar-refractivity contribution is -0.147. The Kier molecular flexibility index (Phi) is 7.22. The molecule has 160 valence electrons. The Morgan fingerprint density at radius 2 is 2.20 bits per heavy atom. The number of likely N-dealkylation sites (tertiary alicyclic amines) is 1. The van der Waals surface area contributed by atoms with E-state index in [1.807, 2.05) is 11.0 Å². The number of hydrogen-bond donors (Lipinski definition) is 2. The van der Waals surface area contributed by atoms with Crippen molar-refractivity contribution in [2.24, 2.45) is 0 Å². The first-order valence-electron chi connectivity index (χ1n) is 9.45. The van der Waals surface area contributed by atoms with Gasteiger partial charge < -0.3 is 9.84 Å². The molecule has 0 radical (unpaired) electrons. The number of hydrogen-bond acceptors (Lipinski definition) is 7. The van der Waals surface area contributed by atoms with Gasteiger partial charge in [0.15, 0.2) is 0 Å². The Hall–Kier alpha value is -2.72. The van der Waals surface area contributed by atoms with Gasteiger partial charge in [0.25, 0.3) is 0 Å². The number of benzene rings is 1. The number of carbonyl (C=O) groups excluding carboxylic acids is 1. The molecule has 1 aliphatic heterocycles. The Labute approximate surface area is 178 Å². The molecule has 3 rings (SSSR count). The van der Waals surface area contributed by atoms with E-state index < -0.39 is 23.8 Å². The van der Waals surface area contributed by atoms with Gasteiger partial charge in [-0.05, 0) is 24.1 Å². The van der Waals surface area contributed by atoms with Crippen LogP contribution >= 0.6 is 12.6 Å². The number of aromatic nitrogens is 3. The number of halogens is 1. The smallest absolute Gasteiger partial charge is 0.327 e. The highest BCUT2D eigenvalue weighted by molar-refractivity contribution is 7.81.